The molecule has 0 fully saturated rings. The lowest BCUT2D eigenvalue weighted by atomic mass is 10.2. The molecular formula is C14H17N3O4S. The average molecular weight is 323 g/mol. The normalized spacial score (nSPS) is 11.8. The van der Waals surface area contributed by atoms with Crippen LogP contribution in [0.15, 0.2) is 44.8 Å². The molecule has 0 saturated carbocycles. The Morgan fingerprint density at radius 2 is 1.73 bits per heavy atom. The summed E-state index contributed by atoms with van der Waals surface area (Å²) in [6.07, 6.45) is 0. The van der Waals surface area contributed by atoms with E-state index in [-0.39, 0.29) is 18.8 Å². The standard InChI is InChI=1S/C14H17N3O4S/c1-3-17(9-11-7-5-4-6-8-11)22(20,21)12-10(2)15-14(19)16-13(12)18/h4-8H,3,9H2,1-2H3,(H2,15,16,18,19). The van der Waals surface area contributed by atoms with Crippen LogP contribution in [-0.2, 0) is 16.6 Å². The minimum Gasteiger partial charge on any atom is -0.310 e. The zero-order chi connectivity index (χ0) is 16.3. The summed E-state index contributed by atoms with van der Waals surface area (Å²) in [5, 5.41) is 0. The van der Waals surface area contributed by atoms with Crippen LogP contribution in [0.4, 0.5) is 0 Å². The van der Waals surface area contributed by atoms with Gasteiger partial charge in [0.05, 0.1) is 0 Å². The van der Waals surface area contributed by atoms with Gasteiger partial charge in [-0.1, -0.05) is 37.3 Å². The molecule has 7 nitrogen and oxygen atoms in total. The van der Waals surface area contributed by atoms with Crippen LogP contribution in [0.2, 0.25) is 0 Å². The number of aryl methyl sites for hydroxylation is 1. The first-order chi connectivity index (χ1) is 10.4. The second-order valence-corrected chi connectivity index (χ2v) is 6.65. The third-order valence-electron chi connectivity index (χ3n) is 3.23. The zero-order valence-corrected chi connectivity index (χ0v) is 13.1. The highest BCUT2D eigenvalue weighted by atomic mass is 32.2. The van der Waals surface area contributed by atoms with Crippen molar-refractivity contribution in [2.24, 2.45) is 0 Å². The lowest BCUT2D eigenvalue weighted by Crippen LogP contribution is -2.37. The summed E-state index contributed by atoms with van der Waals surface area (Å²) in [5.41, 5.74) is -0.799. The van der Waals surface area contributed by atoms with Gasteiger partial charge in [0.15, 0.2) is 4.90 Å². The van der Waals surface area contributed by atoms with Crippen LogP contribution >= 0.6 is 0 Å². The van der Waals surface area contributed by atoms with Gasteiger partial charge in [-0.05, 0) is 12.5 Å². The van der Waals surface area contributed by atoms with Crippen molar-refractivity contribution < 1.29 is 8.42 Å². The minimum absolute atomic E-state index is 0.0280. The highest BCUT2D eigenvalue weighted by Gasteiger charge is 2.28. The predicted molar refractivity (Wildman–Crippen MR) is 82.1 cm³/mol. The number of nitrogens with one attached hydrogen (secondary N) is 2. The van der Waals surface area contributed by atoms with Gasteiger partial charge >= 0.3 is 5.69 Å². The van der Waals surface area contributed by atoms with Crippen LogP contribution in [0.3, 0.4) is 0 Å². The minimum atomic E-state index is -4.01. The number of aromatic amines is 2. The molecule has 2 rings (SSSR count). The molecule has 8 heteroatoms. The molecule has 0 atom stereocenters. The van der Waals surface area contributed by atoms with Gasteiger partial charge in [-0.15, -0.1) is 0 Å². The molecule has 0 spiro atoms. The summed E-state index contributed by atoms with van der Waals surface area (Å²) in [6, 6.07) is 9.08. The molecule has 1 aromatic carbocycles. The lowest BCUT2D eigenvalue weighted by molar-refractivity contribution is 0.422. The summed E-state index contributed by atoms with van der Waals surface area (Å²) in [4.78, 5) is 26.9. The molecular weight excluding hydrogens is 306 g/mol. The summed E-state index contributed by atoms with van der Waals surface area (Å²) < 4.78 is 26.6. The fourth-order valence-electron chi connectivity index (χ4n) is 2.18. The first-order valence-corrected chi connectivity index (χ1v) is 8.17. The SMILES string of the molecule is CCN(Cc1ccccc1)S(=O)(=O)c1c(C)[nH]c(=O)[nH]c1=O. The molecule has 1 heterocycles. The Hall–Kier alpha value is -2.19. The van der Waals surface area contributed by atoms with Crippen molar-refractivity contribution >= 4 is 10.0 Å². The van der Waals surface area contributed by atoms with E-state index in [1.807, 2.05) is 35.3 Å². The van der Waals surface area contributed by atoms with E-state index in [4.69, 9.17) is 0 Å². The number of hydrogen-bond acceptors (Lipinski definition) is 4. The first kappa shape index (κ1) is 16.2. The van der Waals surface area contributed by atoms with Crippen molar-refractivity contribution in [2.45, 2.75) is 25.3 Å². The molecule has 118 valence electrons. The first-order valence-electron chi connectivity index (χ1n) is 6.73. The third-order valence-corrected chi connectivity index (χ3v) is 5.30. The van der Waals surface area contributed by atoms with Gasteiger partial charge in [-0.3, -0.25) is 9.78 Å². The number of benzene rings is 1. The third kappa shape index (κ3) is 3.18. The van der Waals surface area contributed by atoms with E-state index in [9.17, 15) is 18.0 Å². The predicted octanol–water partition coefficient (Wildman–Crippen LogP) is 0.582. The van der Waals surface area contributed by atoms with Crippen molar-refractivity contribution in [3.63, 3.8) is 0 Å². The Morgan fingerprint density at radius 1 is 1.09 bits per heavy atom. The molecule has 1 aromatic heterocycles. The van der Waals surface area contributed by atoms with Gasteiger partial charge in [-0.2, -0.15) is 4.31 Å². The molecule has 22 heavy (non-hydrogen) atoms. The van der Waals surface area contributed by atoms with Gasteiger partial charge in [0, 0.05) is 18.8 Å². The Kier molecular flexibility index (Phi) is 4.62. The van der Waals surface area contributed by atoms with Gasteiger partial charge in [0.25, 0.3) is 15.6 Å². The molecule has 2 N–H and O–H groups in total. The average Bonchev–Trinajstić information content (AvgIpc) is 2.44. The maximum atomic E-state index is 12.7. The molecule has 0 bridgehead atoms. The number of sulfonamides is 1. The number of H-pyrrole nitrogens is 2. The Bertz CT molecular complexity index is 869. The number of hydrogen-bond donors (Lipinski definition) is 2. The number of rotatable bonds is 5. The van der Waals surface area contributed by atoms with E-state index in [0.717, 1.165) is 5.56 Å². The van der Waals surface area contributed by atoms with E-state index >= 15 is 0 Å². The topological polar surface area (TPSA) is 103 Å². The molecule has 0 unspecified atom stereocenters. The van der Waals surface area contributed by atoms with Crippen molar-refractivity contribution in [1.29, 1.82) is 0 Å². The van der Waals surface area contributed by atoms with E-state index < -0.39 is 26.2 Å². The van der Waals surface area contributed by atoms with E-state index in [1.165, 1.54) is 11.2 Å². The maximum Gasteiger partial charge on any atom is 0.325 e. The quantitative estimate of drug-likeness (QED) is 0.840. The summed E-state index contributed by atoms with van der Waals surface area (Å²) in [6.45, 7) is 3.43. The van der Waals surface area contributed by atoms with Gasteiger partial charge in [0.2, 0.25) is 0 Å². The highest BCUT2D eigenvalue weighted by molar-refractivity contribution is 7.89. The van der Waals surface area contributed by atoms with E-state index in [1.54, 1.807) is 6.92 Å². The largest absolute Gasteiger partial charge is 0.325 e. The fraction of sp³-hybridized carbons (Fsp3) is 0.286. The smallest absolute Gasteiger partial charge is 0.310 e. The molecule has 0 aliphatic heterocycles. The van der Waals surface area contributed by atoms with Crippen LogP contribution in [0.25, 0.3) is 0 Å². The van der Waals surface area contributed by atoms with Gasteiger partial charge in [-0.25, -0.2) is 13.2 Å². The second kappa shape index (κ2) is 6.29. The Morgan fingerprint density at radius 3 is 2.27 bits per heavy atom. The van der Waals surface area contributed by atoms with Crippen molar-refractivity contribution in [2.75, 3.05) is 6.54 Å². The van der Waals surface area contributed by atoms with E-state index in [2.05, 4.69) is 4.98 Å². The summed E-state index contributed by atoms with van der Waals surface area (Å²) in [5.74, 6) is 0. The van der Waals surface area contributed by atoms with Crippen LogP contribution in [0.1, 0.15) is 18.2 Å². The van der Waals surface area contributed by atoms with Crippen LogP contribution in [0.5, 0.6) is 0 Å². The molecule has 0 aliphatic carbocycles. The second-order valence-electron chi connectivity index (χ2n) is 4.78. The van der Waals surface area contributed by atoms with Crippen molar-refractivity contribution in [1.82, 2.24) is 14.3 Å². The summed E-state index contributed by atoms with van der Waals surface area (Å²) >= 11 is 0. The summed E-state index contributed by atoms with van der Waals surface area (Å²) in [7, 11) is -4.01. The highest BCUT2D eigenvalue weighted by Crippen LogP contribution is 2.16. The van der Waals surface area contributed by atoms with Crippen molar-refractivity contribution in [3.05, 3.63) is 62.4 Å². The lowest BCUT2D eigenvalue weighted by Gasteiger charge is -2.20. The van der Waals surface area contributed by atoms with Gasteiger partial charge < -0.3 is 4.98 Å². The number of nitrogens with zero attached hydrogens (tertiary/aromatic N) is 1. The maximum absolute atomic E-state index is 12.7. The Labute approximate surface area is 127 Å². The fourth-order valence-corrected chi connectivity index (χ4v) is 3.82. The monoisotopic (exact) mass is 323 g/mol. The van der Waals surface area contributed by atoms with Crippen molar-refractivity contribution in [3.8, 4) is 0 Å². The molecule has 0 radical (unpaired) electrons. The van der Waals surface area contributed by atoms with Crippen LogP contribution in [-0.4, -0.2) is 29.2 Å². The molecule has 0 aliphatic rings. The van der Waals surface area contributed by atoms with Gasteiger partial charge in [0.1, 0.15) is 0 Å². The Balaban J connectivity index is 2.48. The van der Waals surface area contributed by atoms with Crippen LogP contribution < -0.4 is 11.2 Å². The zero-order valence-electron chi connectivity index (χ0n) is 12.3. The molecule has 0 amide bonds. The molecule has 0 saturated heterocycles. The van der Waals surface area contributed by atoms with Crippen LogP contribution in [0, 0.1) is 6.92 Å². The molecule has 2 aromatic rings. The van der Waals surface area contributed by atoms with E-state index in [0.29, 0.717) is 0 Å². The number of aromatic nitrogens is 2.